The van der Waals surface area contributed by atoms with Crippen LogP contribution >= 0.6 is 0 Å². The number of nitrogens with zero attached hydrogens (tertiary/aromatic N) is 5. The molecule has 1 spiro atoms. The van der Waals surface area contributed by atoms with Gasteiger partial charge in [-0.25, -0.2) is 19.7 Å². The second-order valence-corrected chi connectivity index (χ2v) is 6.20. The minimum absolute atomic E-state index is 0.242. The van der Waals surface area contributed by atoms with Crippen LogP contribution < -0.4 is 4.90 Å². The average molecular weight is 299 g/mol. The van der Waals surface area contributed by atoms with Crippen molar-refractivity contribution in [3.8, 4) is 0 Å². The molecule has 4 heterocycles. The first kappa shape index (κ1) is 13.2. The van der Waals surface area contributed by atoms with Crippen LogP contribution in [-0.2, 0) is 0 Å². The highest BCUT2D eigenvalue weighted by Gasteiger charge is 2.46. The first-order chi connectivity index (χ1) is 10.7. The maximum absolute atomic E-state index is 11.0. The maximum Gasteiger partial charge on any atom is 0.407 e. The zero-order valence-electron chi connectivity index (χ0n) is 12.1. The minimum Gasteiger partial charge on any atom is -0.465 e. The third kappa shape index (κ3) is 2.04. The number of carboxylic acid groups (broad SMARTS) is 1. The number of carbonyl (C=O) groups is 1. The molecule has 22 heavy (non-hydrogen) atoms. The normalized spacial score (nSPS) is 20.2. The Morgan fingerprint density at radius 3 is 2.68 bits per heavy atom. The average Bonchev–Trinajstić information content (AvgIpc) is 2.52. The number of amides is 1. The molecule has 2 aromatic rings. The Kier molecular flexibility index (Phi) is 2.88. The van der Waals surface area contributed by atoms with Gasteiger partial charge < -0.3 is 14.9 Å². The first-order valence-electron chi connectivity index (χ1n) is 7.45. The van der Waals surface area contributed by atoms with Crippen molar-refractivity contribution in [2.24, 2.45) is 5.41 Å². The van der Waals surface area contributed by atoms with Crippen molar-refractivity contribution in [3.63, 3.8) is 0 Å². The van der Waals surface area contributed by atoms with Gasteiger partial charge in [-0.3, -0.25) is 0 Å². The molecule has 2 saturated heterocycles. The van der Waals surface area contributed by atoms with Gasteiger partial charge in [0.05, 0.1) is 5.39 Å². The third-order valence-corrected chi connectivity index (χ3v) is 4.83. The summed E-state index contributed by atoms with van der Waals surface area (Å²) < 4.78 is 0. The summed E-state index contributed by atoms with van der Waals surface area (Å²) in [7, 11) is 0. The van der Waals surface area contributed by atoms with Crippen LogP contribution in [0.1, 0.15) is 12.8 Å². The maximum atomic E-state index is 11.0. The summed E-state index contributed by atoms with van der Waals surface area (Å²) in [6.45, 7) is 3.13. The summed E-state index contributed by atoms with van der Waals surface area (Å²) in [5.74, 6) is 0.935. The molecule has 2 aliphatic heterocycles. The van der Waals surface area contributed by atoms with E-state index < -0.39 is 6.09 Å². The van der Waals surface area contributed by atoms with Crippen LogP contribution in [0.2, 0.25) is 0 Å². The Labute approximate surface area is 127 Å². The van der Waals surface area contributed by atoms with Crippen molar-refractivity contribution in [1.29, 1.82) is 0 Å². The predicted octanol–water partition coefficient (Wildman–Crippen LogP) is 1.60. The Hall–Kier alpha value is -2.44. The lowest BCUT2D eigenvalue weighted by Gasteiger charge is -2.54. The molecule has 0 aliphatic carbocycles. The fourth-order valence-corrected chi connectivity index (χ4v) is 3.54. The number of aromatic nitrogens is 3. The van der Waals surface area contributed by atoms with Gasteiger partial charge in [0.2, 0.25) is 0 Å². The molecular formula is C15H17N5O2. The quantitative estimate of drug-likeness (QED) is 0.861. The van der Waals surface area contributed by atoms with E-state index in [2.05, 4.69) is 19.9 Å². The number of hydrogen-bond acceptors (Lipinski definition) is 5. The van der Waals surface area contributed by atoms with E-state index in [0.29, 0.717) is 18.7 Å². The molecule has 7 nitrogen and oxygen atoms in total. The van der Waals surface area contributed by atoms with Gasteiger partial charge in [-0.15, -0.1) is 0 Å². The zero-order chi connectivity index (χ0) is 15.2. The minimum atomic E-state index is -0.807. The largest absolute Gasteiger partial charge is 0.465 e. The lowest BCUT2D eigenvalue weighted by atomic mass is 9.72. The Balaban J connectivity index is 1.50. The highest BCUT2D eigenvalue weighted by Crippen LogP contribution is 2.43. The molecule has 0 unspecified atom stereocenters. The van der Waals surface area contributed by atoms with Crippen LogP contribution in [0, 0.1) is 5.41 Å². The van der Waals surface area contributed by atoms with Crippen molar-refractivity contribution >= 4 is 22.9 Å². The number of hydrogen-bond donors (Lipinski definition) is 1. The summed E-state index contributed by atoms with van der Waals surface area (Å²) in [6.07, 6.45) is 4.34. The van der Waals surface area contributed by atoms with E-state index in [9.17, 15) is 4.79 Å². The Morgan fingerprint density at radius 2 is 1.95 bits per heavy atom. The third-order valence-electron chi connectivity index (χ3n) is 4.83. The van der Waals surface area contributed by atoms with Crippen molar-refractivity contribution < 1.29 is 9.90 Å². The van der Waals surface area contributed by atoms with Crippen LogP contribution in [0.5, 0.6) is 0 Å². The predicted molar refractivity (Wildman–Crippen MR) is 80.8 cm³/mol. The van der Waals surface area contributed by atoms with Gasteiger partial charge in [0.1, 0.15) is 12.1 Å². The van der Waals surface area contributed by atoms with Gasteiger partial charge in [0, 0.05) is 37.8 Å². The monoisotopic (exact) mass is 299 g/mol. The van der Waals surface area contributed by atoms with Gasteiger partial charge in [0.25, 0.3) is 0 Å². The second kappa shape index (κ2) is 4.79. The van der Waals surface area contributed by atoms with Crippen molar-refractivity contribution in [3.05, 3.63) is 24.7 Å². The molecule has 0 saturated carbocycles. The molecule has 1 N–H and O–H groups in total. The van der Waals surface area contributed by atoms with E-state index in [-0.39, 0.29) is 5.41 Å². The molecule has 0 bridgehead atoms. The highest BCUT2D eigenvalue weighted by atomic mass is 16.4. The van der Waals surface area contributed by atoms with Crippen LogP contribution in [-0.4, -0.2) is 57.2 Å². The topological polar surface area (TPSA) is 82.5 Å². The molecule has 7 heteroatoms. The van der Waals surface area contributed by atoms with E-state index in [4.69, 9.17) is 5.11 Å². The molecule has 114 valence electrons. The summed E-state index contributed by atoms with van der Waals surface area (Å²) in [4.78, 5) is 27.6. The molecule has 1 amide bonds. The van der Waals surface area contributed by atoms with E-state index in [0.717, 1.165) is 37.1 Å². The van der Waals surface area contributed by atoms with E-state index in [1.807, 2.05) is 12.1 Å². The van der Waals surface area contributed by atoms with Crippen molar-refractivity contribution in [1.82, 2.24) is 19.9 Å². The number of anilines is 1. The smallest absolute Gasteiger partial charge is 0.407 e. The van der Waals surface area contributed by atoms with E-state index >= 15 is 0 Å². The van der Waals surface area contributed by atoms with Gasteiger partial charge in [-0.1, -0.05) is 0 Å². The van der Waals surface area contributed by atoms with E-state index in [1.165, 1.54) is 4.90 Å². The van der Waals surface area contributed by atoms with E-state index in [1.54, 1.807) is 12.5 Å². The fraction of sp³-hybridized carbons (Fsp3) is 0.467. The lowest BCUT2D eigenvalue weighted by molar-refractivity contribution is 0.0708. The van der Waals surface area contributed by atoms with Crippen molar-refractivity contribution in [2.45, 2.75) is 12.8 Å². The van der Waals surface area contributed by atoms with Gasteiger partial charge in [0.15, 0.2) is 5.65 Å². The zero-order valence-corrected chi connectivity index (χ0v) is 12.1. The molecule has 0 aromatic carbocycles. The van der Waals surface area contributed by atoms with Gasteiger partial charge >= 0.3 is 6.09 Å². The van der Waals surface area contributed by atoms with Gasteiger partial charge in [-0.05, 0) is 25.0 Å². The van der Waals surface area contributed by atoms with Crippen LogP contribution in [0.15, 0.2) is 24.7 Å². The molecule has 2 fully saturated rings. The van der Waals surface area contributed by atoms with Crippen LogP contribution in [0.3, 0.4) is 0 Å². The highest BCUT2D eigenvalue weighted by molar-refractivity contribution is 5.86. The van der Waals surface area contributed by atoms with Crippen LogP contribution in [0.4, 0.5) is 10.6 Å². The second-order valence-electron chi connectivity index (χ2n) is 6.20. The number of fused-ring (bicyclic) bond motifs is 1. The number of likely N-dealkylation sites (tertiary alicyclic amines) is 1. The number of piperidine rings is 1. The summed E-state index contributed by atoms with van der Waals surface area (Å²) in [6, 6.07) is 3.89. The summed E-state index contributed by atoms with van der Waals surface area (Å²) in [5.41, 5.74) is 0.958. The van der Waals surface area contributed by atoms with Crippen molar-refractivity contribution in [2.75, 3.05) is 31.1 Å². The fourth-order valence-electron chi connectivity index (χ4n) is 3.54. The summed E-state index contributed by atoms with van der Waals surface area (Å²) in [5, 5.41) is 10.0. The molecule has 2 aromatic heterocycles. The first-order valence-corrected chi connectivity index (χ1v) is 7.45. The molecular weight excluding hydrogens is 282 g/mol. The standard InChI is InChI=1S/C15H17N5O2/c21-14(22)19-6-3-15(4-7-19)8-20(9-15)13-11-2-1-5-16-12(11)17-10-18-13/h1-2,5,10H,3-4,6-9H2,(H,21,22). The summed E-state index contributed by atoms with van der Waals surface area (Å²) >= 11 is 0. The SMILES string of the molecule is O=C(O)N1CCC2(CC1)CN(c1ncnc3ncccc13)C2. The van der Waals surface area contributed by atoms with Crippen LogP contribution in [0.25, 0.3) is 11.0 Å². The molecule has 0 radical (unpaired) electrons. The Morgan fingerprint density at radius 1 is 1.18 bits per heavy atom. The lowest BCUT2D eigenvalue weighted by Crippen LogP contribution is -2.61. The molecule has 4 rings (SSSR count). The molecule has 0 atom stereocenters. The van der Waals surface area contributed by atoms with Gasteiger partial charge in [-0.2, -0.15) is 0 Å². The molecule has 2 aliphatic rings. The Bertz CT molecular complexity index is 713. The number of pyridine rings is 1. The number of rotatable bonds is 1.